The van der Waals surface area contributed by atoms with E-state index in [-0.39, 0.29) is 11.8 Å². The number of carbonyl (C=O) groups excluding carboxylic acids is 1. The summed E-state index contributed by atoms with van der Waals surface area (Å²) >= 11 is 1.45. The van der Waals surface area contributed by atoms with Crippen molar-refractivity contribution in [2.45, 2.75) is 25.4 Å². The number of nitrogens with zero attached hydrogens (tertiary/aromatic N) is 1. The van der Waals surface area contributed by atoms with Gasteiger partial charge in [0, 0.05) is 6.20 Å². The van der Waals surface area contributed by atoms with Crippen LogP contribution in [0.1, 0.15) is 19.3 Å². The zero-order valence-electron chi connectivity index (χ0n) is 11.0. The zero-order valence-corrected chi connectivity index (χ0v) is 11.8. The molecule has 1 amide bonds. The predicted molar refractivity (Wildman–Crippen MR) is 79.5 cm³/mol. The van der Waals surface area contributed by atoms with Crippen molar-refractivity contribution in [1.82, 2.24) is 4.98 Å². The van der Waals surface area contributed by atoms with Crippen molar-refractivity contribution in [3.8, 4) is 10.4 Å². The SMILES string of the molecule is O=C(Nc1ncc(-c2ccccc2)s1)C1CCCC1O. The fourth-order valence-corrected chi connectivity index (χ4v) is 3.34. The summed E-state index contributed by atoms with van der Waals surface area (Å²) in [7, 11) is 0. The molecule has 0 saturated heterocycles. The Kier molecular flexibility index (Phi) is 3.80. The van der Waals surface area contributed by atoms with Gasteiger partial charge in [0.15, 0.2) is 5.13 Å². The van der Waals surface area contributed by atoms with Gasteiger partial charge in [0.1, 0.15) is 0 Å². The van der Waals surface area contributed by atoms with E-state index in [0.717, 1.165) is 23.3 Å². The first-order valence-electron chi connectivity index (χ1n) is 6.74. The smallest absolute Gasteiger partial charge is 0.231 e. The van der Waals surface area contributed by atoms with Crippen LogP contribution in [0.5, 0.6) is 0 Å². The average Bonchev–Trinajstić information content (AvgIpc) is 3.09. The largest absolute Gasteiger partial charge is 0.392 e. The molecule has 2 N–H and O–H groups in total. The van der Waals surface area contributed by atoms with Crippen LogP contribution in [-0.2, 0) is 4.79 Å². The normalized spacial score (nSPS) is 21.9. The van der Waals surface area contributed by atoms with E-state index in [4.69, 9.17) is 0 Å². The lowest BCUT2D eigenvalue weighted by molar-refractivity contribution is -0.122. The minimum absolute atomic E-state index is 0.121. The fourth-order valence-electron chi connectivity index (χ4n) is 2.51. The van der Waals surface area contributed by atoms with Crippen LogP contribution in [0.15, 0.2) is 36.5 Å². The summed E-state index contributed by atoms with van der Waals surface area (Å²) in [6, 6.07) is 9.94. The Morgan fingerprint density at radius 2 is 2.10 bits per heavy atom. The number of rotatable bonds is 3. The molecule has 1 aliphatic rings. The van der Waals surface area contributed by atoms with Gasteiger partial charge in [-0.2, -0.15) is 0 Å². The Labute approximate surface area is 121 Å². The van der Waals surface area contributed by atoms with E-state index in [0.29, 0.717) is 11.6 Å². The molecule has 2 unspecified atom stereocenters. The van der Waals surface area contributed by atoms with Crippen LogP contribution in [0.3, 0.4) is 0 Å². The highest BCUT2D eigenvalue weighted by atomic mass is 32.1. The molecule has 0 bridgehead atoms. The van der Waals surface area contributed by atoms with Gasteiger partial charge in [-0.1, -0.05) is 41.7 Å². The van der Waals surface area contributed by atoms with Gasteiger partial charge in [-0.25, -0.2) is 4.98 Å². The van der Waals surface area contributed by atoms with Crippen LogP contribution in [0, 0.1) is 5.92 Å². The van der Waals surface area contributed by atoms with E-state index in [1.54, 1.807) is 6.20 Å². The second-order valence-corrected chi connectivity index (χ2v) is 6.02. The number of aromatic nitrogens is 1. The zero-order chi connectivity index (χ0) is 13.9. The number of benzene rings is 1. The third-order valence-electron chi connectivity index (χ3n) is 3.61. The van der Waals surface area contributed by atoms with Crippen molar-refractivity contribution in [2.75, 3.05) is 5.32 Å². The molecule has 1 fully saturated rings. The molecule has 104 valence electrons. The summed E-state index contributed by atoms with van der Waals surface area (Å²) in [5.74, 6) is -0.414. The highest BCUT2D eigenvalue weighted by Gasteiger charge is 2.31. The Balaban J connectivity index is 1.70. The fraction of sp³-hybridized carbons (Fsp3) is 0.333. The van der Waals surface area contributed by atoms with Crippen molar-refractivity contribution >= 4 is 22.4 Å². The van der Waals surface area contributed by atoms with Gasteiger partial charge in [-0.3, -0.25) is 4.79 Å². The predicted octanol–water partition coefficient (Wildman–Crippen LogP) is 2.91. The first-order chi connectivity index (χ1) is 9.74. The van der Waals surface area contributed by atoms with Crippen molar-refractivity contribution in [3.63, 3.8) is 0 Å². The first kappa shape index (κ1) is 13.3. The van der Waals surface area contributed by atoms with Gasteiger partial charge in [0.25, 0.3) is 0 Å². The lowest BCUT2D eigenvalue weighted by Gasteiger charge is -2.12. The molecule has 2 atom stereocenters. The van der Waals surface area contributed by atoms with Gasteiger partial charge in [-0.05, 0) is 24.8 Å². The molecule has 2 aromatic rings. The van der Waals surface area contributed by atoms with E-state index in [2.05, 4.69) is 10.3 Å². The molecule has 3 rings (SSSR count). The summed E-state index contributed by atoms with van der Waals surface area (Å²) in [6.45, 7) is 0. The summed E-state index contributed by atoms with van der Waals surface area (Å²) in [6.07, 6.45) is 3.63. The number of aliphatic hydroxyl groups excluding tert-OH is 1. The molecule has 1 saturated carbocycles. The van der Waals surface area contributed by atoms with E-state index in [1.807, 2.05) is 30.3 Å². The van der Waals surface area contributed by atoms with E-state index < -0.39 is 6.10 Å². The molecular weight excluding hydrogens is 272 g/mol. The molecule has 0 aliphatic heterocycles. The minimum Gasteiger partial charge on any atom is -0.392 e. The summed E-state index contributed by atoms with van der Waals surface area (Å²) in [5.41, 5.74) is 1.09. The number of carbonyl (C=O) groups is 1. The number of amides is 1. The lowest BCUT2D eigenvalue weighted by Crippen LogP contribution is -2.28. The molecule has 0 radical (unpaired) electrons. The van der Waals surface area contributed by atoms with Crippen LogP contribution in [-0.4, -0.2) is 22.1 Å². The molecule has 1 heterocycles. The van der Waals surface area contributed by atoms with Gasteiger partial charge in [-0.15, -0.1) is 0 Å². The van der Waals surface area contributed by atoms with Gasteiger partial charge in [0.2, 0.25) is 5.91 Å². The Morgan fingerprint density at radius 1 is 1.30 bits per heavy atom. The Hall–Kier alpha value is -1.72. The summed E-state index contributed by atoms with van der Waals surface area (Å²) in [4.78, 5) is 17.3. The second kappa shape index (κ2) is 5.73. The molecule has 4 nitrogen and oxygen atoms in total. The quantitative estimate of drug-likeness (QED) is 0.913. The van der Waals surface area contributed by atoms with Crippen molar-refractivity contribution in [2.24, 2.45) is 5.92 Å². The Bertz CT molecular complexity index is 597. The van der Waals surface area contributed by atoms with Gasteiger partial charge in [0.05, 0.1) is 16.9 Å². The van der Waals surface area contributed by atoms with Crippen molar-refractivity contribution < 1.29 is 9.90 Å². The molecular formula is C15H16N2O2S. The minimum atomic E-state index is -0.511. The number of thiazole rings is 1. The van der Waals surface area contributed by atoms with Crippen LogP contribution in [0.25, 0.3) is 10.4 Å². The molecule has 1 aliphatic carbocycles. The maximum absolute atomic E-state index is 12.1. The number of aliphatic hydroxyl groups is 1. The van der Waals surface area contributed by atoms with E-state index in [1.165, 1.54) is 11.3 Å². The summed E-state index contributed by atoms with van der Waals surface area (Å²) in [5, 5.41) is 13.1. The number of nitrogens with one attached hydrogen (secondary N) is 1. The summed E-state index contributed by atoms with van der Waals surface area (Å²) < 4.78 is 0. The molecule has 1 aromatic carbocycles. The highest BCUT2D eigenvalue weighted by Crippen LogP contribution is 2.31. The van der Waals surface area contributed by atoms with Gasteiger partial charge < -0.3 is 10.4 Å². The van der Waals surface area contributed by atoms with Gasteiger partial charge >= 0.3 is 0 Å². The molecule has 20 heavy (non-hydrogen) atoms. The second-order valence-electron chi connectivity index (χ2n) is 4.99. The Morgan fingerprint density at radius 3 is 2.80 bits per heavy atom. The maximum atomic E-state index is 12.1. The van der Waals surface area contributed by atoms with Crippen LogP contribution >= 0.6 is 11.3 Å². The van der Waals surface area contributed by atoms with Crippen molar-refractivity contribution in [1.29, 1.82) is 0 Å². The standard InChI is InChI=1S/C15H16N2O2S/c18-12-8-4-7-11(12)14(19)17-15-16-9-13(20-15)10-5-2-1-3-6-10/h1-3,5-6,9,11-12,18H,4,7-8H2,(H,16,17,19). The van der Waals surface area contributed by atoms with E-state index in [9.17, 15) is 9.90 Å². The number of hydrogen-bond acceptors (Lipinski definition) is 4. The lowest BCUT2D eigenvalue weighted by atomic mass is 10.1. The maximum Gasteiger partial charge on any atom is 0.231 e. The number of hydrogen-bond donors (Lipinski definition) is 2. The first-order valence-corrected chi connectivity index (χ1v) is 7.56. The number of anilines is 1. The van der Waals surface area contributed by atoms with Crippen LogP contribution < -0.4 is 5.32 Å². The monoisotopic (exact) mass is 288 g/mol. The van der Waals surface area contributed by atoms with Crippen molar-refractivity contribution in [3.05, 3.63) is 36.5 Å². The van der Waals surface area contributed by atoms with E-state index >= 15 is 0 Å². The molecule has 5 heteroatoms. The highest BCUT2D eigenvalue weighted by molar-refractivity contribution is 7.19. The van der Waals surface area contributed by atoms with Crippen LogP contribution in [0.4, 0.5) is 5.13 Å². The van der Waals surface area contributed by atoms with Crippen LogP contribution in [0.2, 0.25) is 0 Å². The third kappa shape index (κ3) is 2.73. The average molecular weight is 288 g/mol. The topological polar surface area (TPSA) is 62.2 Å². The molecule has 0 spiro atoms. The molecule has 1 aromatic heterocycles. The third-order valence-corrected chi connectivity index (χ3v) is 4.57.